The van der Waals surface area contributed by atoms with Gasteiger partial charge in [-0.2, -0.15) is 13.2 Å². The van der Waals surface area contributed by atoms with Crippen molar-refractivity contribution in [2.24, 2.45) is 5.41 Å². The molecule has 0 radical (unpaired) electrons. The maximum absolute atomic E-state index is 13.0. The van der Waals surface area contributed by atoms with Gasteiger partial charge in [0.05, 0.1) is 7.11 Å². The number of alkyl halides is 3. The average Bonchev–Trinajstić information content (AvgIpc) is 3.01. The first-order valence-electron chi connectivity index (χ1n) is 8.79. The quantitative estimate of drug-likeness (QED) is 0.734. The van der Waals surface area contributed by atoms with Gasteiger partial charge in [0.1, 0.15) is 6.04 Å². The number of halogens is 3. The van der Waals surface area contributed by atoms with Crippen molar-refractivity contribution in [3.63, 3.8) is 0 Å². The smallest absolute Gasteiger partial charge is 0.454 e. The van der Waals surface area contributed by atoms with Crippen LogP contribution in [-0.2, 0) is 20.7 Å². The number of methoxy groups -OCH3 is 1. The number of allylic oxidation sites excluding steroid dienone is 2. The van der Waals surface area contributed by atoms with Gasteiger partial charge in [-0.1, -0.05) is 32.0 Å². The first-order valence-corrected chi connectivity index (χ1v) is 8.79. The molecule has 8 heteroatoms. The zero-order chi connectivity index (χ0) is 20.7. The summed E-state index contributed by atoms with van der Waals surface area (Å²) in [4.78, 5) is 27.2. The van der Waals surface area contributed by atoms with Crippen LogP contribution >= 0.6 is 0 Å². The van der Waals surface area contributed by atoms with Crippen molar-refractivity contribution in [1.82, 2.24) is 10.3 Å². The SMILES string of the molecule is COC(=O)C(Cc1c[nH]c2ccccc12)NC1=C(C(=O)C(F)(F)F)C(C)(C)C1. The van der Waals surface area contributed by atoms with E-state index in [1.807, 2.05) is 24.3 Å². The van der Waals surface area contributed by atoms with Gasteiger partial charge in [-0.25, -0.2) is 4.79 Å². The molecule has 3 rings (SSSR count). The number of benzene rings is 1. The summed E-state index contributed by atoms with van der Waals surface area (Å²) >= 11 is 0. The fraction of sp³-hybridized carbons (Fsp3) is 0.400. The molecule has 0 amide bonds. The zero-order valence-electron chi connectivity index (χ0n) is 15.7. The number of aromatic amines is 1. The van der Waals surface area contributed by atoms with Crippen molar-refractivity contribution in [2.75, 3.05) is 7.11 Å². The first-order chi connectivity index (χ1) is 13.0. The van der Waals surface area contributed by atoms with Crippen LogP contribution in [-0.4, -0.2) is 36.1 Å². The van der Waals surface area contributed by atoms with Crippen molar-refractivity contribution in [1.29, 1.82) is 0 Å². The Morgan fingerprint density at radius 2 is 1.96 bits per heavy atom. The van der Waals surface area contributed by atoms with Crippen LogP contribution < -0.4 is 5.32 Å². The molecule has 2 aromatic rings. The number of fused-ring (bicyclic) bond motifs is 1. The zero-order valence-corrected chi connectivity index (χ0v) is 15.7. The van der Waals surface area contributed by atoms with Crippen LogP contribution in [0.25, 0.3) is 10.9 Å². The lowest BCUT2D eigenvalue weighted by Gasteiger charge is -2.41. The monoisotopic (exact) mass is 394 g/mol. The van der Waals surface area contributed by atoms with Crippen LogP contribution in [0.4, 0.5) is 13.2 Å². The van der Waals surface area contributed by atoms with Gasteiger partial charge in [-0.15, -0.1) is 0 Å². The third-order valence-corrected chi connectivity index (χ3v) is 5.01. The Morgan fingerprint density at radius 3 is 2.57 bits per heavy atom. The fourth-order valence-corrected chi connectivity index (χ4v) is 3.70. The molecule has 0 saturated heterocycles. The molecular formula is C20H21F3N2O3. The molecule has 5 nitrogen and oxygen atoms in total. The van der Waals surface area contributed by atoms with E-state index in [2.05, 4.69) is 10.3 Å². The molecule has 1 aromatic heterocycles. The molecule has 0 fully saturated rings. The minimum Gasteiger partial charge on any atom is -0.467 e. The normalized spacial score (nSPS) is 17.2. The number of carbonyl (C=O) groups is 2. The number of H-pyrrole nitrogens is 1. The lowest BCUT2D eigenvalue weighted by molar-refractivity contribution is -0.168. The van der Waals surface area contributed by atoms with Crippen LogP contribution in [0, 0.1) is 5.41 Å². The number of para-hydroxylation sites is 1. The summed E-state index contributed by atoms with van der Waals surface area (Å²) < 4.78 is 43.7. The largest absolute Gasteiger partial charge is 0.467 e. The molecule has 1 unspecified atom stereocenters. The van der Waals surface area contributed by atoms with E-state index in [1.165, 1.54) is 7.11 Å². The van der Waals surface area contributed by atoms with Gasteiger partial charge in [0.15, 0.2) is 0 Å². The lowest BCUT2D eigenvalue weighted by Crippen LogP contribution is -2.48. The predicted octanol–water partition coefficient (Wildman–Crippen LogP) is 3.66. The summed E-state index contributed by atoms with van der Waals surface area (Å²) in [6, 6.07) is 6.59. The summed E-state index contributed by atoms with van der Waals surface area (Å²) in [6.45, 7) is 3.15. The molecular weight excluding hydrogens is 373 g/mol. The Bertz CT molecular complexity index is 957. The third-order valence-electron chi connectivity index (χ3n) is 5.01. The minimum atomic E-state index is -4.96. The number of hydrogen-bond acceptors (Lipinski definition) is 4. The molecule has 1 aromatic carbocycles. The van der Waals surface area contributed by atoms with Crippen molar-refractivity contribution < 1.29 is 27.5 Å². The van der Waals surface area contributed by atoms with E-state index in [0.717, 1.165) is 16.5 Å². The van der Waals surface area contributed by atoms with Gasteiger partial charge < -0.3 is 15.0 Å². The van der Waals surface area contributed by atoms with Crippen molar-refractivity contribution in [2.45, 2.75) is 38.9 Å². The number of Topliss-reactive ketones (excluding diaryl/α,β-unsaturated/α-hetero) is 1. The Balaban J connectivity index is 1.91. The summed E-state index contributed by atoms with van der Waals surface area (Å²) in [6.07, 6.45) is -2.76. The van der Waals surface area contributed by atoms with Gasteiger partial charge >= 0.3 is 12.1 Å². The second kappa shape index (κ2) is 7.00. The Hall–Kier alpha value is -2.77. The molecule has 0 saturated carbocycles. The summed E-state index contributed by atoms with van der Waals surface area (Å²) in [7, 11) is 1.22. The predicted molar refractivity (Wildman–Crippen MR) is 97.4 cm³/mol. The minimum absolute atomic E-state index is 0.141. The Morgan fingerprint density at radius 1 is 1.29 bits per heavy atom. The van der Waals surface area contributed by atoms with Gasteiger partial charge in [-0.05, 0) is 18.1 Å². The molecule has 2 N–H and O–H groups in total. The van der Waals surface area contributed by atoms with Gasteiger partial charge in [0.2, 0.25) is 0 Å². The van der Waals surface area contributed by atoms with Gasteiger partial charge in [0.25, 0.3) is 5.78 Å². The molecule has 1 heterocycles. The highest BCUT2D eigenvalue weighted by Gasteiger charge is 2.51. The molecule has 1 atom stereocenters. The number of ether oxygens (including phenoxy) is 1. The number of aromatic nitrogens is 1. The summed E-state index contributed by atoms with van der Waals surface area (Å²) in [5, 5.41) is 3.75. The molecule has 1 aliphatic carbocycles. The second-order valence-corrected chi connectivity index (χ2v) is 7.52. The van der Waals surface area contributed by atoms with Crippen LogP contribution in [0.3, 0.4) is 0 Å². The Kier molecular flexibility index (Phi) is 4.99. The number of ketones is 1. The van der Waals surface area contributed by atoms with E-state index in [4.69, 9.17) is 4.74 Å². The Labute approximate surface area is 159 Å². The topological polar surface area (TPSA) is 71.2 Å². The number of hydrogen-bond donors (Lipinski definition) is 2. The third kappa shape index (κ3) is 3.63. The maximum atomic E-state index is 13.0. The highest BCUT2D eigenvalue weighted by Crippen LogP contribution is 2.47. The molecule has 0 bridgehead atoms. The van der Waals surface area contributed by atoms with E-state index in [0.29, 0.717) is 0 Å². The van der Waals surface area contributed by atoms with E-state index >= 15 is 0 Å². The fourth-order valence-electron chi connectivity index (χ4n) is 3.70. The highest BCUT2D eigenvalue weighted by molar-refractivity contribution is 6.03. The van der Waals surface area contributed by atoms with Crippen LogP contribution in [0.5, 0.6) is 0 Å². The lowest BCUT2D eigenvalue weighted by atomic mass is 9.67. The molecule has 1 aliphatic rings. The van der Waals surface area contributed by atoms with Crippen molar-refractivity contribution >= 4 is 22.7 Å². The maximum Gasteiger partial charge on any atom is 0.454 e. The number of rotatable bonds is 6. The average molecular weight is 394 g/mol. The highest BCUT2D eigenvalue weighted by atomic mass is 19.4. The van der Waals surface area contributed by atoms with E-state index < -0.39 is 29.4 Å². The number of esters is 1. The molecule has 150 valence electrons. The van der Waals surface area contributed by atoms with E-state index in [1.54, 1.807) is 20.0 Å². The van der Waals surface area contributed by atoms with Crippen molar-refractivity contribution in [3.05, 3.63) is 47.3 Å². The number of carbonyl (C=O) groups excluding carboxylic acids is 2. The number of nitrogens with one attached hydrogen (secondary N) is 2. The van der Waals surface area contributed by atoms with E-state index in [-0.39, 0.29) is 24.1 Å². The van der Waals surface area contributed by atoms with Crippen molar-refractivity contribution in [3.8, 4) is 0 Å². The molecule has 0 spiro atoms. The summed E-state index contributed by atoms with van der Waals surface area (Å²) in [5.41, 5.74) is 0.617. The van der Waals surface area contributed by atoms with Crippen LogP contribution in [0.1, 0.15) is 25.8 Å². The van der Waals surface area contributed by atoms with Crippen LogP contribution in [0.15, 0.2) is 41.7 Å². The van der Waals surface area contributed by atoms with E-state index in [9.17, 15) is 22.8 Å². The van der Waals surface area contributed by atoms with Crippen LogP contribution in [0.2, 0.25) is 0 Å². The second-order valence-electron chi connectivity index (χ2n) is 7.52. The van der Waals surface area contributed by atoms with Gasteiger partial charge in [0, 0.05) is 40.2 Å². The standard InChI is InChI=1S/C20H21F3N2O3/c1-19(2)9-15(16(19)17(26)20(21,22)23)25-14(18(27)28-3)8-11-10-24-13-7-5-4-6-12(11)13/h4-7,10,14,24-25H,8-9H2,1-3H3. The summed E-state index contributed by atoms with van der Waals surface area (Å²) in [5.74, 6) is -2.48. The molecule has 28 heavy (non-hydrogen) atoms. The first kappa shape index (κ1) is 20.0. The molecule has 0 aliphatic heterocycles. The van der Waals surface area contributed by atoms with Gasteiger partial charge in [-0.3, -0.25) is 4.79 Å².